The minimum Gasteiger partial charge on any atom is -0.355 e. The molecule has 0 radical (unpaired) electrons. The zero-order valence-corrected chi connectivity index (χ0v) is 26.2. The van der Waals surface area contributed by atoms with Crippen LogP contribution in [-0.2, 0) is 5.92 Å². The van der Waals surface area contributed by atoms with Gasteiger partial charge in [0.15, 0.2) is 0 Å². The van der Waals surface area contributed by atoms with E-state index in [0.29, 0.717) is 47.4 Å². The van der Waals surface area contributed by atoms with Crippen molar-refractivity contribution in [3.05, 3.63) is 89.0 Å². The van der Waals surface area contributed by atoms with E-state index in [2.05, 4.69) is 32.2 Å². The van der Waals surface area contributed by atoms with E-state index in [1.807, 2.05) is 23.1 Å². The maximum absolute atomic E-state index is 13.8. The van der Waals surface area contributed by atoms with Crippen LogP contribution in [0, 0.1) is 24.2 Å². The van der Waals surface area contributed by atoms with Crippen molar-refractivity contribution in [2.24, 2.45) is 16.8 Å². The highest BCUT2D eigenvalue weighted by molar-refractivity contribution is 6.05. The summed E-state index contributed by atoms with van der Waals surface area (Å²) in [6.07, 6.45) is -0.466. The number of carbonyl (C=O) groups excluding carboxylic acids is 1. The zero-order chi connectivity index (χ0) is 32.6. The number of para-hydroxylation sites is 1. The average molecular weight is 611 g/mol. The smallest absolute Gasteiger partial charge is 0.270 e. The van der Waals surface area contributed by atoms with Crippen LogP contribution in [-0.4, -0.2) is 41.7 Å². The third-order valence-corrected chi connectivity index (χ3v) is 7.48. The molecule has 9 heteroatoms. The molecule has 1 saturated heterocycles. The molecule has 0 aromatic heterocycles. The van der Waals surface area contributed by atoms with Crippen LogP contribution in [0.25, 0.3) is 0 Å². The van der Waals surface area contributed by atoms with Crippen LogP contribution in [0.4, 0.5) is 34.6 Å². The predicted octanol–water partition coefficient (Wildman–Crippen LogP) is 9.79. The van der Waals surface area contributed by atoms with Gasteiger partial charge in [0.1, 0.15) is 0 Å². The topological polar surface area (TPSA) is 68.5 Å². The van der Waals surface area contributed by atoms with Gasteiger partial charge in [-0.05, 0) is 81.5 Å². The number of rotatable bonds is 8. The van der Waals surface area contributed by atoms with Crippen molar-refractivity contribution >= 4 is 34.4 Å². The van der Waals surface area contributed by atoms with Gasteiger partial charge in [-0.15, -0.1) is 0 Å². The SMILES string of the molecule is CC(=N)c1cc(C(=O)N2CCC(C(=Nc3ccccc3C)C(C)C)CC2)ccc1Nc1cccc(C(C)(F)F)c1.CC(F)F. The summed E-state index contributed by atoms with van der Waals surface area (Å²) in [7, 11) is 0. The molecule has 0 saturated carbocycles. The van der Waals surface area contributed by atoms with E-state index in [1.54, 1.807) is 37.3 Å². The first kappa shape index (κ1) is 34.5. The van der Waals surface area contributed by atoms with Crippen molar-refractivity contribution in [1.82, 2.24) is 4.90 Å². The number of hydrogen-bond acceptors (Lipinski definition) is 4. The highest BCUT2D eigenvalue weighted by Gasteiger charge is 2.29. The van der Waals surface area contributed by atoms with Gasteiger partial charge >= 0.3 is 0 Å². The Labute approximate surface area is 257 Å². The quantitative estimate of drug-likeness (QED) is 0.197. The van der Waals surface area contributed by atoms with Crippen LogP contribution in [0.5, 0.6) is 0 Å². The Morgan fingerprint density at radius 2 is 1.64 bits per heavy atom. The number of aliphatic imine (C=N–C) groups is 1. The van der Waals surface area contributed by atoms with Crippen LogP contribution in [0.3, 0.4) is 0 Å². The number of halogens is 4. The maximum atomic E-state index is 13.8. The molecular weight excluding hydrogens is 568 g/mol. The maximum Gasteiger partial charge on any atom is 0.270 e. The van der Waals surface area contributed by atoms with E-state index < -0.39 is 12.3 Å². The Kier molecular flexibility index (Phi) is 11.9. The number of piperidine rings is 1. The molecule has 44 heavy (non-hydrogen) atoms. The summed E-state index contributed by atoms with van der Waals surface area (Å²) in [5.74, 6) is -2.39. The molecule has 0 bridgehead atoms. The zero-order valence-electron chi connectivity index (χ0n) is 26.2. The lowest BCUT2D eigenvalue weighted by atomic mass is 9.86. The molecular formula is C35H42F4N4O. The van der Waals surface area contributed by atoms with E-state index in [4.69, 9.17) is 10.4 Å². The van der Waals surface area contributed by atoms with Gasteiger partial charge in [0.2, 0.25) is 6.43 Å². The molecule has 1 heterocycles. The number of benzene rings is 3. The number of amides is 1. The van der Waals surface area contributed by atoms with Crippen LogP contribution >= 0.6 is 0 Å². The van der Waals surface area contributed by atoms with Gasteiger partial charge in [-0.1, -0.05) is 44.2 Å². The molecule has 2 N–H and O–H groups in total. The van der Waals surface area contributed by atoms with E-state index in [-0.39, 0.29) is 17.2 Å². The molecule has 1 fully saturated rings. The molecule has 236 valence electrons. The van der Waals surface area contributed by atoms with Gasteiger partial charge < -0.3 is 15.6 Å². The molecule has 3 aromatic carbocycles. The molecule has 1 amide bonds. The number of nitrogens with zero attached hydrogens (tertiary/aromatic N) is 2. The predicted molar refractivity (Wildman–Crippen MR) is 172 cm³/mol. The standard InChI is InChI=1S/C33H38F2N4O.C2H4F2/c1-21(2)31(38-29-12-7-6-9-22(29)3)24-15-17-39(18-16-24)32(40)25-13-14-30(28(19-25)23(4)36)37-27-11-8-10-26(20-27)33(5,34)35;1-2(3)4/h6-14,19-21,24,36-37H,15-18H2,1-5H3;2H,1H3. The van der Waals surface area contributed by atoms with Crippen LogP contribution in [0.15, 0.2) is 71.7 Å². The third-order valence-electron chi connectivity index (χ3n) is 7.48. The molecule has 0 aliphatic carbocycles. The lowest BCUT2D eigenvalue weighted by molar-refractivity contribution is 0.0175. The van der Waals surface area contributed by atoms with Crippen LogP contribution in [0.2, 0.25) is 0 Å². The average Bonchev–Trinajstić information content (AvgIpc) is 2.96. The minimum absolute atomic E-state index is 0.0675. The molecule has 1 aliphatic rings. The van der Waals surface area contributed by atoms with Crippen molar-refractivity contribution in [2.75, 3.05) is 18.4 Å². The molecule has 5 nitrogen and oxygen atoms in total. The van der Waals surface area contributed by atoms with Gasteiger partial charge in [-0.2, -0.15) is 0 Å². The summed E-state index contributed by atoms with van der Waals surface area (Å²) in [5.41, 5.74) is 5.68. The van der Waals surface area contributed by atoms with Gasteiger partial charge in [-0.3, -0.25) is 9.79 Å². The largest absolute Gasteiger partial charge is 0.355 e. The summed E-state index contributed by atoms with van der Waals surface area (Å²) in [6.45, 7) is 11.1. The van der Waals surface area contributed by atoms with Crippen LogP contribution in [0.1, 0.15) is 74.5 Å². The molecule has 1 aliphatic heterocycles. The number of alkyl halides is 4. The molecule has 0 unspecified atom stereocenters. The third kappa shape index (κ3) is 9.49. The Morgan fingerprint density at radius 1 is 1.00 bits per heavy atom. The molecule has 0 spiro atoms. The highest BCUT2D eigenvalue weighted by atomic mass is 19.3. The van der Waals surface area contributed by atoms with E-state index in [0.717, 1.165) is 37.9 Å². The van der Waals surface area contributed by atoms with E-state index >= 15 is 0 Å². The van der Waals surface area contributed by atoms with Gasteiger partial charge in [-0.25, -0.2) is 17.6 Å². The first-order valence-electron chi connectivity index (χ1n) is 14.8. The fraction of sp³-hybridized carbons (Fsp3) is 0.400. The van der Waals surface area contributed by atoms with Crippen molar-refractivity contribution in [3.8, 4) is 0 Å². The monoisotopic (exact) mass is 610 g/mol. The first-order chi connectivity index (χ1) is 20.7. The van der Waals surface area contributed by atoms with Crippen molar-refractivity contribution in [1.29, 1.82) is 5.41 Å². The summed E-state index contributed by atoms with van der Waals surface area (Å²) in [4.78, 5) is 20.4. The number of carbonyl (C=O) groups is 1. The number of anilines is 2. The minimum atomic E-state index is -2.95. The number of hydrogen-bond donors (Lipinski definition) is 2. The summed E-state index contributed by atoms with van der Waals surface area (Å²) in [6, 6.07) is 19.4. The van der Waals surface area contributed by atoms with Crippen molar-refractivity contribution < 1.29 is 22.4 Å². The summed E-state index contributed by atoms with van der Waals surface area (Å²) < 4.78 is 48.3. The normalized spacial score (nSPS) is 14.4. The highest BCUT2D eigenvalue weighted by Crippen LogP contribution is 2.31. The second-order valence-corrected chi connectivity index (χ2v) is 11.5. The van der Waals surface area contributed by atoms with Crippen molar-refractivity contribution in [2.45, 2.75) is 66.7 Å². The molecule has 4 rings (SSSR count). The Morgan fingerprint density at radius 3 is 2.20 bits per heavy atom. The van der Waals surface area contributed by atoms with Gasteiger partial charge in [0.05, 0.1) is 5.69 Å². The number of nitrogens with one attached hydrogen (secondary N) is 2. The van der Waals surface area contributed by atoms with E-state index in [1.165, 1.54) is 17.8 Å². The second kappa shape index (κ2) is 15.1. The van der Waals surface area contributed by atoms with Crippen LogP contribution < -0.4 is 5.32 Å². The Bertz CT molecular complexity index is 1470. The fourth-order valence-corrected chi connectivity index (χ4v) is 5.20. The lowest BCUT2D eigenvalue weighted by Gasteiger charge is -2.34. The Hall–Kier alpha value is -4.01. The molecule has 3 aromatic rings. The summed E-state index contributed by atoms with van der Waals surface area (Å²) >= 11 is 0. The molecule has 0 atom stereocenters. The number of likely N-dealkylation sites (tertiary alicyclic amines) is 1. The fourth-order valence-electron chi connectivity index (χ4n) is 5.20. The van der Waals surface area contributed by atoms with E-state index in [9.17, 15) is 22.4 Å². The van der Waals surface area contributed by atoms with Crippen molar-refractivity contribution in [3.63, 3.8) is 0 Å². The Balaban J connectivity index is 0.00000124. The van der Waals surface area contributed by atoms with Gasteiger partial charge in [0.25, 0.3) is 11.8 Å². The van der Waals surface area contributed by atoms with Gasteiger partial charge in [0, 0.05) is 65.4 Å². The first-order valence-corrected chi connectivity index (χ1v) is 14.8. The number of aryl methyl sites for hydroxylation is 1. The summed E-state index contributed by atoms with van der Waals surface area (Å²) in [5, 5.41) is 11.4. The lowest BCUT2D eigenvalue weighted by Crippen LogP contribution is -2.41. The second-order valence-electron chi connectivity index (χ2n) is 11.5.